The number of hydrogen-bond acceptors (Lipinski definition) is 2. The summed E-state index contributed by atoms with van der Waals surface area (Å²) in [6.45, 7) is 4.23. The van der Waals surface area contributed by atoms with E-state index in [1.807, 2.05) is 30.3 Å². The monoisotopic (exact) mass is 206 g/mol. The quantitative estimate of drug-likeness (QED) is 0.820. The number of para-hydroxylation sites is 1. The highest BCUT2D eigenvalue weighted by atomic mass is 16.5. The number of ether oxygens (including phenoxy) is 1. The van der Waals surface area contributed by atoms with Crippen molar-refractivity contribution in [2.75, 3.05) is 13.7 Å². The Labute approximate surface area is 91.2 Å². The van der Waals surface area contributed by atoms with Gasteiger partial charge < -0.3 is 9.84 Å². The van der Waals surface area contributed by atoms with E-state index >= 15 is 0 Å². The molecule has 0 aliphatic carbocycles. The smallest absolute Gasteiger partial charge is 0.126 e. The molecular weight excluding hydrogens is 188 g/mol. The summed E-state index contributed by atoms with van der Waals surface area (Å²) in [5.41, 5.74) is 2.03. The summed E-state index contributed by atoms with van der Waals surface area (Å²) in [5.74, 6) is 1.18. The molecule has 2 heteroatoms. The van der Waals surface area contributed by atoms with Gasteiger partial charge in [-0.3, -0.25) is 0 Å². The Balaban J connectivity index is 3.05. The van der Waals surface area contributed by atoms with E-state index in [4.69, 9.17) is 4.74 Å². The zero-order valence-electron chi connectivity index (χ0n) is 9.53. The number of rotatable bonds is 4. The first-order valence-corrected chi connectivity index (χ1v) is 5.13. The van der Waals surface area contributed by atoms with Gasteiger partial charge in [0.05, 0.1) is 13.7 Å². The molecule has 1 aromatic carbocycles. The predicted octanol–water partition coefficient (Wildman–Crippen LogP) is 2.73. The summed E-state index contributed by atoms with van der Waals surface area (Å²) in [6.07, 6.45) is 1.99. The molecule has 0 spiro atoms. The second-order valence-corrected chi connectivity index (χ2v) is 3.77. The first kappa shape index (κ1) is 11.8. The van der Waals surface area contributed by atoms with Crippen LogP contribution in [0.15, 0.2) is 29.8 Å². The van der Waals surface area contributed by atoms with Crippen molar-refractivity contribution in [3.05, 3.63) is 35.4 Å². The van der Waals surface area contributed by atoms with Gasteiger partial charge in [-0.25, -0.2) is 0 Å². The zero-order chi connectivity index (χ0) is 11.3. The maximum Gasteiger partial charge on any atom is 0.126 e. The van der Waals surface area contributed by atoms with E-state index in [1.165, 1.54) is 0 Å². The maximum atomic E-state index is 9.21. The molecule has 0 saturated carbocycles. The zero-order valence-corrected chi connectivity index (χ0v) is 9.53. The fraction of sp³-hybridized carbons (Fsp3) is 0.385. The van der Waals surface area contributed by atoms with Crippen molar-refractivity contribution in [2.45, 2.75) is 13.8 Å². The van der Waals surface area contributed by atoms with Gasteiger partial charge in [0.2, 0.25) is 0 Å². The molecule has 0 radical (unpaired) electrons. The van der Waals surface area contributed by atoms with Gasteiger partial charge in [0.25, 0.3) is 0 Å². The first-order valence-electron chi connectivity index (χ1n) is 5.13. The van der Waals surface area contributed by atoms with Gasteiger partial charge in [-0.2, -0.15) is 0 Å². The topological polar surface area (TPSA) is 29.5 Å². The Morgan fingerprint density at radius 2 is 2.07 bits per heavy atom. The lowest BCUT2D eigenvalue weighted by Gasteiger charge is -2.10. The van der Waals surface area contributed by atoms with E-state index in [0.717, 1.165) is 16.9 Å². The summed E-state index contributed by atoms with van der Waals surface area (Å²) >= 11 is 0. The van der Waals surface area contributed by atoms with Crippen LogP contribution in [0.2, 0.25) is 0 Å². The fourth-order valence-electron chi connectivity index (χ4n) is 1.38. The molecule has 0 amide bonds. The molecule has 15 heavy (non-hydrogen) atoms. The fourth-order valence-corrected chi connectivity index (χ4v) is 1.38. The van der Waals surface area contributed by atoms with E-state index in [-0.39, 0.29) is 6.61 Å². The molecule has 82 valence electrons. The molecule has 1 aromatic rings. The SMILES string of the molecule is COc1ccccc1C=C(CO)C(C)C. The highest BCUT2D eigenvalue weighted by Crippen LogP contribution is 2.22. The van der Waals surface area contributed by atoms with Gasteiger partial charge in [0.15, 0.2) is 0 Å². The number of aliphatic hydroxyl groups is 1. The Morgan fingerprint density at radius 1 is 1.40 bits per heavy atom. The highest BCUT2D eigenvalue weighted by Gasteiger charge is 2.04. The van der Waals surface area contributed by atoms with Crippen molar-refractivity contribution < 1.29 is 9.84 Å². The number of aliphatic hydroxyl groups excluding tert-OH is 1. The summed E-state index contributed by atoms with van der Waals surface area (Å²) in [7, 11) is 1.65. The van der Waals surface area contributed by atoms with E-state index in [1.54, 1.807) is 7.11 Å². The van der Waals surface area contributed by atoms with Gasteiger partial charge >= 0.3 is 0 Å². The lowest BCUT2D eigenvalue weighted by atomic mass is 10.0. The molecule has 1 rings (SSSR count). The summed E-state index contributed by atoms with van der Waals surface area (Å²) < 4.78 is 5.24. The third kappa shape index (κ3) is 3.10. The largest absolute Gasteiger partial charge is 0.496 e. The minimum Gasteiger partial charge on any atom is -0.496 e. The Bertz CT molecular complexity index is 340. The van der Waals surface area contributed by atoms with Crippen molar-refractivity contribution >= 4 is 6.08 Å². The third-order valence-electron chi connectivity index (χ3n) is 2.40. The van der Waals surface area contributed by atoms with Crippen LogP contribution in [0.3, 0.4) is 0 Å². The van der Waals surface area contributed by atoms with Crippen LogP contribution in [0.4, 0.5) is 0 Å². The van der Waals surface area contributed by atoms with Crippen LogP contribution in [0, 0.1) is 5.92 Å². The van der Waals surface area contributed by atoms with Crippen LogP contribution in [-0.4, -0.2) is 18.8 Å². The molecular formula is C13H18O2. The maximum absolute atomic E-state index is 9.21. The second kappa shape index (κ2) is 5.56. The molecule has 0 fully saturated rings. The molecule has 0 heterocycles. The number of hydrogen-bond donors (Lipinski definition) is 1. The van der Waals surface area contributed by atoms with E-state index in [9.17, 15) is 5.11 Å². The average molecular weight is 206 g/mol. The first-order chi connectivity index (χ1) is 7.19. The molecule has 0 atom stereocenters. The molecule has 0 unspecified atom stereocenters. The molecule has 2 nitrogen and oxygen atoms in total. The minimum absolute atomic E-state index is 0.0930. The minimum atomic E-state index is 0.0930. The van der Waals surface area contributed by atoms with Crippen molar-refractivity contribution in [1.82, 2.24) is 0 Å². The molecule has 0 aliphatic heterocycles. The van der Waals surface area contributed by atoms with Crippen LogP contribution < -0.4 is 4.74 Å². The van der Waals surface area contributed by atoms with Crippen LogP contribution in [0.25, 0.3) is 6.08 Å². The van der Waals surface area contributed by atoms with Crippen molar-refractivity contribution in [3.8, 4) is 5.75 Å². The van der Waals surface area contributed by atoms with Crippen LogP contribution in [-0.2, 0) is 0 Å². The Morgan fingerprint density at radius 3 is 2.60 bits per heavy atom. The summed E-state index contributed by atoms with van der Waals surface area (Å²) in [6, 6.07) is 7.80. The normalized spacial score (nSPS) is 11.9. The summed E-state index contributed by atoms with van der Waals surface area (Å²) in [4.78, 5) is 0. The standard InChI is InChI=1S/C13H18O2/c1-10(2)12(9-14)8-11-6-4-5-7-13(11)15-3/h4-8,10,14H,9H2,1-3H3. The summed E-state index contributed by atoms with van der Waals surface area (Å²) in [5, 5.41) is 9.21. The lowest BCUT2D eigenvalue weighted by molar-refractivity contribution is 0.320. The van der Waals surface area contributed by atoms with Crippen molar-refractivity contribution in [3.63, 3.8) is 0 Å². The van der Waals surface area contributed by atoms with E-state index in [2.05, 4.69) is 13.8 Å². The van der Waals surface area contributed by atoms with Crippen LogP contribution in [0.5, 0.6) is 5.75 Å². The van der Waals surface area contributed by atoms with Crippen LogP contribution >= 0.6 is 0 Å². The van der Waals surface area contributed by atoms with Crippen LogP contribution in [0.1, 0.15) is 19.4 Å². The Kier molecular flexibility index (Phi) is 4.37. The van der Waals surface area contributed by atoms with Gasteiger partial charge in [0, 0.05) is 5.56 Å². The number of benzene rings is 1. The average Bonchev–Trinajstić information content (AvgIpc) is 2.25. The van der Waals surface area contributed by atoms with Gasteiger partial charge in [-0.1, -0.05) is 32.0 Å². The second-order valence-electron chi connectivity index (χ2n) is 3.77. The molecule has 0 saturated heterocycles. The predicted molar refractivity (Wildman–Crippen MR) is 62.9 cm³/mol. The molecule has 0 bridgehead atoms. The van der Waals surface area contributed by atoms with Gasteiger partial charge in [0.1, 0.15) is 5.75 Å². The lowest BCUT2D eigenvalue weighted by Crippen LogP contribution is -1.99. The van der Waals surface area contributed by atoms with Gasteiger partial charge in [-0.15, -0.1) is 0 Å². The highest BCUT2D eigenvalue weighted by molar-refractivity contribution is 5.60. The van der Waals surface area contributed by atoms with Gasteiger partial charge in [-0.05, 0) is 23.6 Å². The van der Waals surface area contributed by atoms with E-state index < -0.39 is 0 Å². The molecule has 1 N–H and O–H groups in total. The molecule has 0 aromatic heterocycles. The Hall–Kier alpha value is -1.28. The van der Waals surface area contributed by atoms with Crippen molar-refractivity contribution in [1.29, 1.82) is 0 Å². The number of methoxy groups -OCH3 is 1. The van der Waals surface area contributed by atoms with Crippen molar-refractivity contribution in [2.24, 2.45) is 5.92 Å². The third-order valence-corrected chi connectivity index (χ3v) is 2.40. The van der Waals surface area contributed by atoms with E-state index in [0.29, 0.717) is 5.92 Å². The molecule has 0 aliphatic rings.